The summed E-state index contributed by atoms with van der Waals surface area (Å²) < 4.78 is 46.5. The van der Waals surface area contributed by atoms with E-state index in [9.17, 15) is 22.7 Å². The summed E-state index contributed by atoms with van der Waals surface area (Å²) in [5.41, 5.74) is 5.27. The minimum absolute atomic E-state index is 0.212. The fourth-order valence-electron chi connectivity index (χ4n) is 5.29. The number of rotatable bonds is 7. The molecular weight excluding hydrogens is 571 g/mol. The van der Waals surface area contributed by atoms with E-state index in [1.165, 1.54) is 38.4 Å². The van der Waals surface area contributed by atoms with Crippen molar-refractivity contribution in [3.05, 3.63) is 95.9 Å². The van der Waals surface area contributed by atoms with E-state index >= 15 is 0 Å². The average molecular weight is 599 g/mol. The summed E-state index contributed by atoms with van der Waals surface area (Å²) in [6, 6.07) is 20.0. The molecule has 0 aliphatic heterocycles. The minimum atomic E-state index is -3.70. The monoisotopic (exact) mass is 598 g/mol. The first-order valence-electron chi connectivity index (χ1n) is 13.3. The maximum Gasteiger partial charge on any atom is 0.255 e. The maximum atomic E-state index is 13.7. The topological polar surface area (TPSA) is 129 Å². The first-order chi connectivity index (χ1) is 20.6. The molecule has 6 aromatic rings. The second-order valence-electron chi connectivity index (χ2n) is 10.1. The van der Waals surface area contributed by atoms with Gasteiger partial charge in [0.05, 0.1) is 29.8 Å². The molecule has 6 rings (SSSR count). The van der Waals surface area contributed by atoms with E-state index in [-0.39, 0.29) is 23.5 Å². The molecule has 43 heavy (non-hydrogen) atoms. The van der Waals surface area contributed by atoms with Gasteiger partial charge in [0.1, 0.15) is 22.8 Å². The highest BCUT2D eigenvalue weighted by Gasteiger charge is 2.26. The van der Waals surface area contributed by atoms with Gasteiger partial charge in [-0.05, 0) is 59.7 Å². The fraction of sp³-hybridized carbons (Fsp3) is 0.125. The molecule has 3 aromatic carbocycles. The van der Waals surface area contributed by atoms with Crippen LogP contribution in [0.3, 0.4) is 0 Å². The normalized spacial score (nSPS) is 11.7. The smallest absolute Gasteiger partial charge is 0.255 e. The number of anilines is 1. The number of amides is 1. The second kappa shape index (κ2) is 10.7. The summed E-state index contributed by atoms with van der Waals surface area (Å²) >= 11 is 0. The Kier molecular flexibility index (Phi) is 6.99. The van der Waals surface area contributed by atoms with Crippen LogP contribution in [0.2, 0.25) is 0 Å². The zero-order valence-electron chi connectivity index (χ0n) is 23.5. The van der Waals surface area contributed by atoms with Crippen LogP contribution in [0, 0.1) is 5.82 Å². The molecule has 3 aromatic heterocycles. The van der Waals surface area contributed by atoms with E-state index in [2.05, 4.69) is 15.3 Å². The number of furan rings is 1. The van der Waals surface area contributed by atoms with E-state index in [0.29, 0.717) is 44.7 Å². The molecule has 11 heteroatoms. The van der Waals surface area contributed by atoms with Crippen molar-refractivity contribution in [2.75, 3.05) is 24.7 Å². The Balaban J connectivity index is 1.62. The molecule has 0 aliphatic carbocycles. The number of nitrogens with one attached hydrogen (secondary N) is 2. The number of aromatic nitrogens is 2. The predicted molar refractivity (Wildman–Crippen MR) is 165 cm³/mol. The van der Waals surface area contributed by atoms with Gasteiger partial charge in [-0.3, -0.25) is 9.10 Å². The Labute approximate surface area is 246 Å². The van der Waals surface area contributed by atoms with E-state index in [4.69, 9.17) is 4.42 Å². The van der Waals surface area contributed by atoms with Gasteiger partial charge in [-0.15, -0.1) is 0 Å². The van der Waals surface area contributed by atoms with Gasteiger partial charge in [0.25, 0.3) is 5.91 Å². The van der Waals surface area contributed by atoms with Crippen LogP contribution in [0.25, 0.3) is 55.7 Å². The summed E-state index contributed by atoms with van der Waals surface area (Å²) in [5, 5.41) is 14.1. The lowest BCUT2D eigenvalue weighted by atomic mass is 9.96. The van der Waals surface area contributed by atoms with Crippen molar-refractivity contribution in [1.29, 1.82) is 0 Å². The number of sulfonamides is 1. The number of carbonyl (C=O) groups excluding carboxylic acids is 1. The summed E-state index contributed by atoms with van der Waals surface area (Å²) in [7, 11) is -0.759. The zero-order chi connectivity index (χ0) is 30.5. The van der Waals surface area contributed by atoms with Gasteiger partial charge < -0.3 is 19.8 Å². The highest BCUT2D eigenvalue weighted by molar-refractivity contribution is 7.92. The number of aliphatic hydroxyl groups is 1. The van der Waals surface area contributed by atoms with Gasteiger partial charge in [0.2, 0.25) is 10.0 Å². The number of carbonyl (C=O) groups is 1. The third-order valence-electron chi connectivity index (χ3n) is 7.50. The largest absolute Gasteiger partial charge is 0.455 e. The molecule has 0 bridgehead atoms. The number of fused-ring (bicyclic) bond motifs is 2. The van der Waals surface area contributed by atoms with Crippen LogP contribution < -0.4 is 9.62 Å². The van der Waals surface area contributed by atoms with Gasteiger partial charge in [-0.1, -0.05) is 18.2 Å². The number of aliphatic hydroxyl groups excluding tert-OH is 1. The third-order valence-corrected chi connectivity index (χ3v) is 8.69. The number of hydrogen-bond acceptors (Lipinski definition) is 6. The first-order valence-corrected chi connectivity index (χ1v) is 15.1. The lowest BCUT2D eigenvalue weighted by Crippen LogP contribution is -2.25. The molecule has 1 amide bonds. The standard InChI is InChI=1S/C32H27FN4O5S/c1-34-32(39)28-24-15-23(19-6-4-7-20(14-19)29-25(17-38)22-8-5-13-35-31(22)36-29)26(37(2)43(3,40)41)16-27(24)42-30(28)18-9-11-21(33)12-10-18/h4-16,38H,17H2,1-3H3,(H,34,39)(H,35,36). The molecule has 0 saturated carbocycles. The Morgan fingerprint density at radius 3 is 2.47 bits per heavy atom. The Bertz CT molecular complexity index is 2140. The lowest BCUT2D eigenvalue weighted by Gasteiger charge is -2.21. The van der Waals surface area contributed by atoms with Crippen LogP contribution in [0.4, 0.5) is 10.1 Å². The van der Waals surface area contributed by atoms with Gasteiger partial charge in [-0.2, -0.15) is 0 Å². The highest BCUT2D eigenvalue weighted by atomic mass is 32.2. The SMILES string of the molecule is CNC(=O)c1c(-c2ccc(F)cc2)oc2cc(N(C)S(C)(=O)=O)c(-c3cccc(-c4[nH]c5ncccc5c4CO)c3)cc12. The van der Waals surface area contributed by atoms with Crippen LogP contribution in [-0.4, -0.2) is 49.8 Å². The summed E-state index contributed by atoms with van der Waals surface area (Å²) in [6.45, 7) is -0.212. The average Bonchev–Trinajstić information content (AvgIpc) is 3.58. The van der Waals surface area contributed by atoms with Crippen LogP contribution in [0.5, 0.6) is 0 Å². The van der Waals surface area contributed by atoms with Crippen molar-refractivity contribution in [3.63, 3.8) is 0 Å². The Morgan fingerprint density at radius 1 is 1.02 bits per heavy atom. The molecule has 3 heterocycles. The van der Waals surface area contributed by atoms with Gasteiger partial charge in [-0.25, -0.2) is 17.8 Å². The molecule has 218 valence electrons. The first kappa shape index (κ1) is 28.1. The van der Waals surface area contributed by atoms with Crippen LogP contribution in [-0.2, 0) is 16.6 Å². The van der Waals surface area contributed by atoms with E-state index in [1.807, 2.05) is 30.3 Å². The molecule has 0 fully saturated rings. The van der Waals surface area contributed by atoms with E-state index in [0.717, 1.165) is 21.5 Å². The molecule has 0 spiro atoms. The molecule has 0 unspecified atom stereocenters. The number of H-pyrrole nitrogens is 1. The number of hydrogen-bond donors (Lipinski definition) is 3. The fourth-order valence-corrected chi connectivity index (χ4v) is 5.80. The molecule has 9 nitrogen and oxygen atoms in total. The van der Waals surface area contributed by atoms with Crippen LogP contribution >= 0.6 is 0 Å². The van der Waals surface area contributed by atoms with Crippen molar-refractivity contribution >= 4 is 43.6 Å². The minimum Gasteiger partial charge on any atom is -0.455 e. The molecule has 0 aliphatic rings. The molecule has 0 radical (unpaired) electrons. The number of benzene rings is 3. The van der Waals surface area contributed by atoms with Gasteiger partial charge in [0.15, 0.2) is 0 Å². The predicted octanol–water partition coefficient (Wildman–Crippen LogP) is 5.70. The van der Waals surface area contributed by atoms with Crippen molar-refractivity contribution < 1.29 is 27.1 Å². The van der Waals surface area contributed by atoms with Crippen molar-refractivity contribution in [1.82, 2.24) is 15.3 Å². The second-order valence-corrected chi connectivity index (χ2v) is 12.1. The summed E-state index contributed by atoms with van der Waals surface area (Å²) in [5.74, 6) is -0.623. The number of pyridine rings is 1. The van der Waals surface area contributed by atoms with Gasteiger partial charge in [0, 0.05) is 53.8 Å². The maximum absolute atomic E-state index is 13.7. The van der Waals surface area contributed by atoms with Crippen molar-refractivity contribution in [2.24, 2.45) is 0 Å². The zero-order valence-corrected chi connectivity index (χ0v) is 24.3. The van der Waals surface area contributed by atoms with Gasteiger partial charge >= 0.3 is 0 Å². The number of aromatic amines is 1. The Morgan fingerprint density at radius 2 is 1.77 bits per heavy atom. The molecule has 0 atom stereocenters. The van der Waals surface area contributed by atoms with Crippen molar-refractivity contribution in [2.45, 2.75) is 6.61 Å². The Hall–Kier alpha value is -5.00. The summed E-state index contributed by atoms with van der Waals surface area (Å²) in [4.78, 5) is 20.8. The van der Waals surface area contributed by atoms with Crippen LogP contribution in [0.1, 0.15) is 15.9 Å². The van der Waals surface area contributed by atoms with Crippen molar-refractivity contribution in [3.8, 4) is 33.7 Å². The quantitative estimate of drug-likeness (QED) is 0.216. The number of halogens is 1. The van der Waals surface area contributed by atoms with Crippen LogP contribution in [0.15, 0.2) is 83.4 Å². The van der Waals surface area contributed by atoms with E-state index in [1.54, 1.807) is 24.4 Å². The third kappa shape index (κ3) is 4.92. The highest BCUT2D eigenvalue weighted by Crippen LogP contribution is 2.42. The molecule has 3 N–H and O–H groups in total. The van der Waals surface area contributed by atoms with E-state index < -0.39 is 21.7 Å². The summed E-state index contributed by atoms with van der Waals surface area (Å²) in [6.07, 6.45) is 2.77. The molecule has 0 saturated heterocycles. The number of nitrogens with zero attached hydrogens (tertiary/aromatic N) is 2. The molecular formula is C32H27FN4O5S. The lowest BCUT2D eigenvalue weighted by molar-refractivity contribution is 0.0964.